The molecule has 4 nitrogen and oxygen atoms in total. The van der Waals surface area contributed by atoms with Crippen LogP contribution in [-0.4, -0.2) is 24.1 Å². The molecule has 0 spiro atoms. The predicted molar refractivity (Wildman–Crippen MR) is 73.9 cm³/mol. The van der Waals surface area contributed by atoms with E-state index < -0.39 is 0 Å². The van der Waals surface area contributed by atoms with Crippen LogP contribution in [0.15, 0.2) is 23.7 Å². The van der Waals surface area contributed by atoms with Gasteiger partial charge in [-0.1, -0.05) is 6.92 Å². The Kier molecular flexibility index (Phi) is 4.15. The summed E-state index contributed by atoms with van der Waals surface area (Å²) in [6, 6.07) is 5.99. The van der Waals surface area contributed by atoms with Crippen molar-refractivity contribution in [3.05, 3.63) is 23.7 Å². The van der Waals surface area contributed by atoms with E-state index in [1.54, 1.807) is 11.3 Å². The van der Waals surface area contributed by atoms with E-state index in [1.165, 1.54) is 0 Å². The van der Waals surface area contributed by atoms with Gasteiger partial charge in [-0.25, -0.2) is 4.98 Å². The fourth-order valence-electron chi connectivity index (χ4n) is 1.60. The van der Waals surface area contributed by atoms with Crippen LogP contribution in [0.5, 0.6) is 0 Å². The number of thiazole rings is 1. The molecule has 1 atom stereocenters. The number of rotatable bonds is 5. The van der Waals surface area contributed by atoms with Gasteiger partial charge >= 0.3 is 5.97 Å². The first-order chi connectivity index (χ1) is 8.70. The first-order valence-electron chi connectivity index (χ1n) is 5.94. The number of nitrogens with one attached hydrogen (secondary N) is 1. The van der Waals surface area contributed by atoms with Crippen molar-refractivity contribution in [1.29, 1.82) is 0 Å². The van der Waals surface area contributed by atoms with Crippen molar-refractivity contribution in [2.24, 2.45) is 5.92 Å². The summed E-state index contributed by atoms with van der Waals surface area (Å²) in [6.07, 6.45) is 0. The minimum Gasteiger partial charge on any atom is -0.466 e. The molecule has 0 aliphatic rings. The van der Waals surface area contributed by atoms with Gasteiger partial charge in [0.15, 0.2) is 0 Å². The van der Waals surface area contributed by atoms with E-state index in [0.717, 1.165) is 15.9 Å². The van der Waals surface area contributed by atoms with Gasteiger partial charge in [0.05, 0.1) is 28.3 Å². The summed E-state index contributed by atoms with van der Waals surface area (Å²) in [5.41, 5.74) is 3.84. The third kappa shape index (κ3) is 2.98. The number of benzene rings is 1. The maximum Gasteiger partial charge on any atom is 0.310 e. The van der Waals surface area contributed by atoms with Gasteiger partial charge in [-0.3, -0.25) is 4.79 Å². The molecule has 0 radical (unpaired) electrons. The van der Waals surface area contributed by atoms with E-state index in [4.69, 9.17) is 4.74 Å². The summed E-state index contributed by atoms with van der Waals surface area (Å²) in [4.78, 5) is 15.7. The number of carbonyl (C=O) groups excluding carboxylic acids is 1. The molecule has 1 N–H and O–H groups in total. The Labute approximate surface area is 110 Å². The third-order valence-corrected chi connectivity index (χ3v) is 3.42. The molecule has 0 fully saturated rings. The largest absolute Gasteiger partial charge is 0.466 e. The lowest BCUT2D eigenvalue weighted by atomic mass is 10.2. The van der Waals surface area contributed by atoms with Crippen molar-refractivity contribution in [1.82, 2.24) is 4.98 Å². The number of hydrogen-bond donors (Lipinski definition) is 1. The molecule has 1 heterocycles. The van der Waals surface area contributed by atoms with Crippen molar-refractivity contribution in [2.45, 2.75) is 13.8 Å². The molecule has 2 rings (SSSR count). The van der Waals surface area contributed by atoms with Crippen LogP contribution >= 0.6 is 11.3 Å². The number of anilines is 1. The molecule has 1 aromatic heterocycles. The molecule has 96 valence electrons. The number of nitrogens with zero attached hydrogens (tertiary/aromatic N) is 1. The standard InChI is InChI=1S/C13H16N2O2S/c1-3-17-13(16)9(2)7-14-10-4-5-11-12(6-10)18-8-15-11/h4-6,8-9,14H,3,7H2,1-2H3. The lowest BCUT2D eigenvalue weighted by Gasteiger charge is -2.12. The molecule has 1 unspecified atom stereocenters. The van der Waals surface area contributed by atoms with Crippen molar-refractivity contribution in [2.75, 3.05) is 18.5 Å². The molecule has 5 heteroatoms. The van der Waals surface area contributed by atoms with E-state index >= 15 is 0 Å². The highest BCUT2D eigenvalue weighted by Crippen LogP contribution is 2.21. The van der Waals surface area contributed by atoms with E-state index in [2.05, 4.69) is 10.3 Å². The van der Waals surface area contributed by atoms with Crippen LogP contribution in [0.25, 0.3) is 10.2 Å². The van der Waals surface area contributed by atoms with Gasteiger partial charge in [0.25, 0.3) is 0 Å². The maximum absolute atomic E-state index is 11.5. The van der Waals surface area contributed by atoms with E-state index in [0.29, 0.717) is 13.2 Å². The van der Waals surface area contributed by atoms with E-state index in [9.17, 15) is 4.79 Å². The smallest absolute Gasteiger partial charge is 0.310 e. The van der Waals surface area contributed by atoms with Crippen LogP contribution in [0.2, 0.25) is 0 Å². The molecule has 0 aliphatic heterocycles. The van der Waals surface area contributed by atoms with Gasteiger partial charge in [0.1, 0.15) is 0 Å². The maximum atomic E-state index is 11.5. The van der Waals surface area contributed by atoms with Crippen LogP contribution < -0.4 is 5.32 Å². The molecule has 1 aromatic carbocycles. The highest BCUT2D eigenvalue weighted by atomic mass is 32.1. The number of carbonyl (C=O) groups is 1. The molecular formula is C13H16N2O2S. The number of hydrogen-bond acceptors (Lipinski definition) is 5. The minimum atomic E-state index is -0.163. The lowest BCUT2D eigenvalue weighted by Crippen LogP contribution is -2.22. The van der Waals surface area contributed by atoms with Crippen LogP contribution in [0.4, 0.5) is 5.69 Å². The van der Waals surface area contributed by atoms with Gasteiger partial charge in [0, 0.05) is 12.2 Å². The van der Waals surface area contributed by atoms with Gasteiger partial charge in [-0.15, -0.1) is 11.3 Å². The number of aromatic nitrogens is 1. The van der Waals surface area contributed by atoms with Gasteiger partial charge in [0.2, 0.25) is 0 Å². The Hall–Kier alpha value is -1.62. The zero-order valence-corrected chi connectivity index (χ0v) is 11.3. The zero-order chi connectivity index (χ0) is 13.0. The molecular weight excluding hydrogens is 248 g/mol. The van der Waals surface area contributed by atoms with Gasteiger partial charge < -0.3 is 10.1 Å². The highest BCUT2D eigenvalue weighted by Gasteiger charge is 2.13. The Morgan fingerprint density at radius 3 is 3.17 bits per heavy atom. The summed E-state index contributed by atoms with van der Waals surface area (Å²) >= 11 is 1.61. The van der Waals surface area contributed by atoms with Crippen LogP contribution in [0.3, 0.4) is 0 Å². The Balaban J connectivity index is 1.95. The monoisotopic (exact) mass is 264 g/mol. The third-order valence-electron chi connectivity index (χ3n) is 2.63. The minimum absolute atomic E-state index is 0.151. The number of esters is 1. The second kappa shape index (κ2) is 5.82. The predicted octanol–water partition coefficient (Wildman–Crippen LogP) is 2.91. The summed E-state index contributed by atoms with van der Waals surface area (Å²) in [5.74, 6) is -0.314. The number of ether oxygens (including phenoxy) is 1. The number of fused-ring (bicyclic) bond motifs is 1. The summed E-state index contributed by atoms with van der Waals surface area (Å²) < 4.78 is 6.11. The van der Waals surface area contributed by atoms with E-state index in [1.807, 2.05) is 37.6 Å². The zero-order valence-electron chi connectivity index (χ0n) is 10.5. The van der Waals surface area contributed by atoms with E-state index in [-0.39, 0.29) is 11.9 Å². The van der Waals surface area contributed by atoms with Gasteiger partial charge in [-0.2, -0.15) is 0 Å². The Morgan fingerprint density at radius 1 is 1.56 bits per heavy atom. The topological polar surface area (TPSA) is 51.2 Å². The summed E-state index contributed by atoms with van der Waals surface area (Å²) in [5, 5.41) is 3.24. The lowest BCUT2D eigenvalue weighted by molar-refractivity contribution is -0.146. The Bertz CT molecular complexity index is 539. The van der Waals surface area contributed by atoms with Crippen molar-refractivity contribution >= 4 is 33.2 Å². The van der Waals surface area contributed by atoms with Crippen LogP contribution in [0.1, 0.15) is 13.8 Å². The average molecular weight is 264 g/mol. The van der Waals surface area contributed by atoms with Crippen LogP contribution in [0, 0.1) is 5.92 Å². The van der Waals surface area contributed by atoms with Crippen molar-refractivity contribution in [3.63, 3.8) is 0 Å². The Morgan fingerprint density at radius 2 is 2.39 bits per heavy atom. The van der Waals surface area contributed by atoms with Crippen molar-refractivity contribution < 1.29 is 9.53 Å². The fourth-order valence-corrected chi connectivity index (χ4v) is 2.32. The van der Waals surface area contributed by atoms with Crippen molar-refractivity contribution in [3.8, 4) is 0 Å². The first kappa shape index (κ1) is 12.8. The SMILES string of the molecule is CCOC(=O)C(C)CNc1ccc2ncsc2c1. The molecule has 0 saturated heterocycles. The summed E-state index contributed by atoms with van der Waals surface area (Å²) in [6.45, 7) is 4.67. The van der Waals surface area contributed by atoms with Gasteiger partial charge in [-0.05, 0) is 25.1 Å². The fraction of sp³-hybridized carbons (Fsp3) is 0.385. The molecule has 0 amide bonds. The molecule has 0 aliphatic carbocycles. The summed E-state index contributed by atoms with van der Waals surface area (Å²) in [7, 11) is 0. The normalized spacial score (nSPS) is 12.3. The second-order valence-electron chi connectivity index (χ2n) is 4.07. The molecule has 0 saturated carbocycles. The first-order valence-corrected chi connectivity index (χ1v) is 6.82. The molecule has 0 bridgehead atoms. The molecule has 18 heavy (non-hydrogen) atoms. The quantitative estimate of drug-likeness (QED) is 0.844. The average Bonchev–Trinajstić information content (AvgIpc) is 2.83. The highest BCUT2D eigenvalue weighted by molar-refractivity contribution is 7.16. The molecule has 2 aromatic rings. The van der Waals surface area contributed by atoms with Crippen LogP contribution in [-0.2, 0) is 9.53 Å². The second-order valence-corrected chi connectivity index (χ2v) is 4.96.